The molecule has 1 N–H and O–H groups in total. The van der Waals surface area contributed by atoms with Crippen LogP contribution in [0, 0.1) is 0 Å². The zero-order chi connectivity index (χ0) is 17.8. The molecule has 0 spiro atoms. The standard InChI is InChI=1S/C19H25N3O3/c1-14(17(23)21-11-7-2-3-8-12-21)22-18(24)16(20-19(22)25)13-15-9-5-4-6-10-15/h4-6,9-10,14,16H,2-3,7-8,11-13H2,1H3,(H,20,25). The Balaban J connectivity index is 1.67. The normalized spacial score (nSPS) is 22.5. The van der Waals surface area contributed by atoms with Gasteiger partial charge in [-0.1, -0.05) is 43.2 Å². The number of hydrogen-bond donors (Lipinski definition) is 1. The van der Waals surface area contributed by atoms with Crippen molar-refractivity contribution in [3.8, 4) is 0 Å². The number of nitrogens with one attached hydrogen (secondary N) is 1. The minimum Gasteiger partial charge on any atom is -0.341 e. The van der Waals surface area contributed by atoms with E-state index in [2.05, 4.69) is 5.32 Å². The molecule has 0 saturated carbocycles. The number of likely N-dealkylation sites (tertiary alicyclic amines) is 1. The first kappa shape index (κ1) is 17.5. The van der Waals surface area contributed by atoms with E-state index in [1.54, 1.807) is 11.8 Å². The van der Waals surface area contributed by atoms with Gasteiger partial charge in [-0.05, 0) is 25.3 Å². The summed E-state index contributed by atoms with van der Waals surface area (Å²) < 4.78 is 0. The Kier molecular flexibility index (Phi) is 5.36. The van der Waals surface area contributed by atoms with Crippen molar-refractivity contribution in [2.24, 2.45) is 0 Å². The van der Waals surface area contributed by atoms with Gasteiger partial charge in [-0.2, -0.15) is 0 Å². The van der Waals surface area contributed by atoms with E-state index in [0.717, 1.165) is 36.1 Å². The Bertz CT molecular complexity index is 639. The van der Waals surface area contributed by atoms with Crippen LogP contribution in [0.2, 0.25) is 0 Å². The number of rotatable bonds is 4. The number of imide groups is 1. The summed E-state index contributed by atoms with van der Waals surface area (Å²) >= 11 is 0. The first-order chi connectivity index (χ1) is 12.1. The lowest BCUT2D eigenvalue weighted by molar-refractivity contribution is -0.141. The monoisotopic (exact) mass is 343 g/mol. The Morgan fingerprint density at radius 1 is 1.12 bits per heavy atom. The van der Waals surface area contributed by atoms with E-state index >= 15 is 0 Å². The van der Waals surface area contributed by atoms with Gasteiger partial charge in [-0.3, -0.25) is 14.5 Å². The van der Waals surface area contributed by atoms with Crippen molar-refractivity contribution in [1.29, 1.82) is 0 Å². The van der Waals surface area contributed by atoms with Crippen LogP contribution < -0.4 is 5.32 Å². The molecule has 2 saturated heterocycles. The van der Waals surface area contributed by atoms with Crippen molar-refractivity contribution in [1.82, 2.24) is 15.1 Å². The Hall–Kier alpha value is -2.37. The quantitative estimate of drug-likeness (QED) is 0.850. The SMILES string of the molecule is CC(C(=O)N1CCCCCC1)N1C(=O)NC(Cc2ccccc2)C1=O. The third-order valence-corrected chi connectivity index (χ3v) is 5.00. The van der Waals surface area contributed by atoms with Gasteiger partial charge in [-0.15, -0.1) is 0 Å². The predicted molar refractivity (Wildman–Crippen MR) is 93.8 cm³/mol. The Labute approximate surface area is 148 Å². The van der Waals surface area contributed by atoms with Gasteiger partial charge < -0.3 is 10.2 Å². The molecule has 6 nitrogen and oxygen atoms in total. The third kappa shape index (κ3) is 3.83. The van der Waals surface area contributed by atoms with Crippen LogP contribution in [0.5, 0.6) is 0 Å². The summed E-state index contributed by atoms with van der Waals surface area (Å²) in [6.45, 7) is 3.07. The van der Waals surface area contributed by atoms with E-state index in [4.69, 9.17) is 0 Å². The van der Waals surface area contributed by atoms with Crippen LogP contribution in [0.1, 0.15) is 38.2 Å². The number of carbonyl (C=O) groups is 3. The molecule has 0 bridgehead atoms. The zero-order valence-electron chi connectivity index (χ0n) is 14.6. The largest absolute Gasteiger partial charge is 0.341 e. The van der Waals surface area contributed by atoms with Gasteiger partial charge in [0.05, 0.1) is 0 Å². The summed E-state index contributed by atoms with van der Waals surface area (Å²) in [5.41, 5.74) is 0.981. The minimum absolute atomic E-state index is 0.134. The van der Waals surface area contributed by atoms with E-state index < -0.39 is 18.1 Å². The van der Waals surface area contributed by atoms with Crippen LogP contribution >= 0.6 is 0 Å². The highest BCUT2D eigenvalue weighted by Crippen LogP contribution is 2.18. The third-order valence-electron chi connectivity index (χ3n) is 5.00. The fourth-order valence-corrected chi connectivity index (χ4v) is 3.57. The summed E-state index contributed by atoms with van der Waals surface area (Å²) in [5.74, 6) is -0.449. The number of nitrogens with zero attached hydrogens (tertiary/aromatic N) is 2. The molecular weight excluding hydrogens is 318 g/mol. The molecule has 1 aromatic rings. The molecule has 3 rings (SSSR count). The van der Waals surface area contributed by atoms with Gasteiger partial charge in [0.2, 0.25) is 5.91 Å². The van der Waals surface area contributed by atoms with Crippen molar-refractivity contribution >= 4 is 17.8 Å². The summed E-state index contributed by atoms with van der Waals surface area (Å²) in [4.78, 5) is 40.6. The highest BCUT2D eigenvalue weighted by molar-refractivity contribution is 6.07. The molecule has 134 valence electrons. The van der Waals surface area contributed by atoms with Crippen LogP contribution in [-0.2, 0) is 16.0 Å². The lowest BCUT2D eigenvalue weighted by atomic mass is 10.1. The van der Waals surface area contributed by atoms with Crippen molar-refractivity contribution < 1.29 is 14.4 Å². The summed E-state index contributed by atoms with van der Waals surface area (Å²) in [7, 11) is 0. The van der Waals surface area contributed by atoms with E-state index in [1.807, 2.05) is 30.3 Å². The van der Waals surface area contributed by atoms with Gasteiger partial charge in [0.25, 0.3) is 5.91 Å². The molecule has 2 unspecified atom stereocenters. The van der Waals surface area contributed by atoms with Crippen LogP contribution in [-0.4, -0.2) is 52.8 Å². The van der Waals surface area contributed by atoms with Gasteiger partial charge in [0.1, 0.15) is 12.1 Å². The molecule has 1 aromatic carbocycles. The van der Waals surface area contributed by atoms with E-state index in [0.29, 0.717) is 19.5 Å². The molecule has 2 fully saturated rings. The van der Waals surface area contributed by atoms with Gasteiger partial charge in [-0.25, -0.2) is 4.79 Å². The Morgan fingerprint density at radius 2 is 1.76 bits per heavy atom. The fraction of sp³-hybridized carbons (Fsp3) is 0.526. The smallest absolute Gasteiger partial charge is 0.325 e. The second kappa shape index (κ2) is 7.68. The van der Waals surface area contributed by atoms with Crippen LogP contribution in [0.4, 0.5) is 4.79 Å². The van der Waals surface area contributed by atoms with E-state index in [1.165, 1.54) is 0 Å². The lowest BCUT2D eigenvalue weighted by Gasteiger charge is -2.28. The van der Waals surface area contributed by atoms with Crippen LogP contribution in [0.15, 0.2) is 30.3 Å². The van der Waals surface area contributed by atoms with Crippen molar-refractivity contribution in [2.45, 2.75) is 51.1 Å². The molecule has 2 aliphatic rings. The van der Waals surface area contributed by atoms with Gasteiger partial charge in [0.15, 0.2) is 0 Å². The van der Waals surface area contributed by atoms with E-state index in [9.17, 15) is 14.4 Å². The lowest BCUT2D eigenvalue weighted by Crippen LogP contribution is -2.50. The van der Waals surface area contributed by atoms with Crippen molar-refractivity contribution in [3.05, 3.63) is 35.9 Å². The predicted octanol–water partition coefficient (Wildman–Crippen LogP) is 1.94. The summed E-state index contributed by atoms with van der Waals surface area (Å²) in [5, 5.41) is 2.72. The molecule has 6 heteroatoms. The first-order valence-electron chi connectivity index (χ1n) is 9.04. The number of urea groups is 1. The first-order valence-corrected chi connectivity index (χ1v) is 9.04. The molecule has 2 atom stereocenters. The highest BCUT2D eigenvalue weighted by atomic mass is 16.2. The second-order valence-corrected chi connectivity index (χ2v) is 6.82. The van der Waals surface area contributed by atoms with E-state index in [-0.39, 0.29) is 11.8 Å². The zero-order valence-corrected chi connectivity index (χ0v) is 14.6. The number of benzene rings is 1. The van der Waals surface area contributed by atoms with Crippen molar-refractivity contribution in [3.63, 3.8) is 0 Å². The minimum atomic E-state index is -0.758. The summed E-state index contributed by atoms with van der Waals surface area (Å²) in [6.07, 6.45) is 4.65. The molecule has 0 aromatic heterocycles. The summed E-state index contributed by atoms with van der Waals surface area (Å²) in [6, 6.07) is 7.73. The maximum absolute atomic E-state index is 12.7. The van der Waals surface area contributed by atoms with Crippen LogP contribution in [0.3, 0.4) is 0 Å². The molecule has 2 heterocycles. The highest BCUT2D eigenvalue weighted by Gasteiger charge is 2.43. The second-order valence-electron chi connectivity index (χ2n) is 6.82. The average molecular weight is 343 g/mol. The number of amides is 4. The maximum atomic E-state index is 12.7. The number of carbonyl (C=O) groups excluding carboxylic acids is 3. The molecule has 0 radical (unpaired) electrons. The molecular formula is C19H25N3O3. The molecule has 4 amide bonds. The average Bonchev–Trinajstić information content (AvgIpc) is 2.81. The molecule has 0 aliphatic carbocycles. The van der Waals surface area contributed by atoms with Crippen LogP contribution in [0.25, 0.3) is 0 Å². The van der Waals surface area contributed by atoms with Gasteiger partial charge >= 0.3 is 6.03 Å². The fourth-order valence-electron chi connectivity index (χ4n) is 3.57. The maximum Gasteiger partial charge on any atom is 0.325 e. The van der Waals surface area contributed by atoms with Gasteiger partial charge in [0, 0.05) is 19.5 Å². The topological polar surface area (TPSA) is 69.7 Å². The molecule has 2 aliphatic heterocycles. The van der Waals surface area contributed by atoms with Crippen molar-refractivity contribution in [2.75, 3.05) is 13.1 Å². The Morgan fingerprint density at radius 3 is 2.40 bits per heavy atom. The molecule has 25 heavy (non-hydrogen) atoms. The number of hydrogen-bond acceptors (Lipinski definition) is 3.